The van der Waals surface area contributed by atoms with Gasteiger partial charge in [0.05, 0.1) is 0 Å². The molecule has 3 nitrogen and oxygen atoms in total. The zero-order valence-corrected chi connectivity index (χ0v) is 12.4. The molecule has 0 N–H and O–H groups in total. The highest BCUT2D eigenvalue weighted by Gasteiger charge is 2.03. The van der Waals surface area contributed by atoms with E-state index >= 15 is 0 Å². The summed E-state index contributed by atoms with van der Waals surface area (Å²) in [4.78, 5) is 0. The molecule has 1 unspecified atom stereocenters. The van der Waals surface area contributed by atoms with Gasteiger partial charge in [0.1, 0.15) is 17.2 Å². The second-order valence-electron chi connectivity index (χ2n) is 4.49. The zero-order chi connectivity index (χ0) is 15.1. The van der Waals surface area contributed by atoms with E-state index < -0.39 is 0 Å². The summed E-state index contributed by atoms with van der Waals surface area (Å²) in [6.07, 6.45) is 1.54. The Morgan fingerprint density at radius 3 is 2.00 bits per heavy atom. The molecule has 2 aromatic carbocycles. The van der Waals surface area contributed by atoms with E-state index in [1.165, 1.54) is 0 Å². The van der Waals surface area contributed by atoms with E-state index in [1.807, 2.05) is 62.4 Å². The molecule has 0 fully saturated rings. The smallest absolute Gasteiger partial charge is 0.196 e. The van der Waals surface area contributed by atoms with Crippen molar-refractivity contribution < 1.29 is 14.2 Å². The van der Waals surface area contributed by atoms with Gasteiger partial charge in [-0.2, -0.15) is 0 Å². The topological polar surface area (TPSA) is 27.7 Å². The molecule has 0 spiro atoms. The molecule has 1 atom stereocenters. The third kappa shape index (κ3) is 4.65. The quantitative estimate of drug-likeness (QED) is 0.678. The van der Waals surface area contributed by atoms with Crippen molar-refractivity contribution in [3.63, 3.8) is 0 Å². The van der Waals surface area contributed by atoms with Gasteiger partial charge in [0.15, 0.2) is 6.29 Å². The molecule has 21 heavy (non-hydrogen) atoms. The van der Waals surface area contributed by atoms with Crippen LogP contribution in [0.5, 0.6) is 17.2 Å². The van der Waals surface area contributed by atoms with E-state index in [9.17, 15) is 0 Å². The van der Waals surface area contributed by atoms with Gasteiger partial charge in [-0.1, -0.05) is 24.8 Å². The average Bonchev–Trinajstić information content (AvgIpc) is 2.50. The van der Waals surface area contributed by atoms with Crippen molar-refractivity contribution >= 4 is 6.08 Å². The van der Waals surface area contributed by atoms with E-state index in [0.717, 1.165) is 22.8 Å². The summed E-state index contributed by atoms with van der Waals surface area (Å²) in [6, 6.07) is 15.2. The highest BCUT2D eigenvalue weighted by Crippen LogP contribution is 2.24. The molecule has 3 heteroatoms. The first-order valence-electron chi connectivity index (χ1n) is 7.00. The van der Waals surface area contributed by atoms with Crippen LogP contribution in [0.4, 0.5) is 0 Å². The van der Waals surface area contributed by atoms with Crippen molar-refractivity contribution in [2.75, 3.05) is 6.61 Å². The van der Waals surface area contributed by atoms with E-state index in [0.29, 0.717) is 6.61 Å². The highest BCUT2D eigenvalue weighted by molar-refractivity contribution is 5.48. The maximum absolute atomic E-state index is 5.76. The first-order chi connectivity index (χ1) is 10.2. The molecule has 2 aromatic rings. The summed E-state index contributed by atoms with van der Waals surface area (Å²) in [5, 5.41) is 0. The Bertz CT molecular complexity index is 558. The fourth-order valence-electron chi connectivity index (χ4n) is 1.85. The maximum Gasteiger partial charge on any atom is 0.196 e. The Morgan fingerprint density at radius 2 is 1.48 bits per heavy atom. The largest absolute Gasteiger partial charge is 0.465 e. The number of hydrogen-bond donors (Lipinski definition) is 0. The van der Waals surface area contributed by atoms with Crippen molar-refractivity contribution in [2.45, 2.75) is 20.1 Å². The van der Waals surface area contributed by atoms with Gasteiger partial charge in [-0.05, 0) is 55.8 Å². The Kier molecular flexibility index (Phi) is 5.41. The van der Waals surface area contributed by atoms with Crippen LogP contribution in [-0.4, -0.2) is 12.9 Å². The number of benzene rings is 2. The van der Waals surface area contributed by atoms with E-state index in [4.69, 9.17) is 14.2 Å². The molecule has 2 rings (SSSR count). The number of hydrogen-bond acceptors (Lipinski definition) is 3. The molecular weight excluding hydrogens is 264 g/mol. The first-order valence-corrected chi connectivity index (χ1v) is 7.00. The first kappa shape index (κ1) is 15.1. The van der Waals surface area contributed by atoms with Gasteiger partial charge in [0.25, 0.3) is 0 Å². The third-order valence-electron chi connectivity index (χ3n) is 2.88. The van der Waals surface area contributed by atoms with E-state index in [2.05, 4.69) is 6.58 Å². The van der Waals surface area contributed by atoms with Crippen LogP contribution in [0, 0.1) is 0 Å². The van der Waals surface area contributed by atoms with Crippen LogP contribution in [-0.2, 0) is 4.74 Å². The van der Waals surface area contributed by atoms with Crippen molar-refractivity contribution in [1.82, 2.24) is 0 Å². The van der Waals surface area contributed by atoms with E-state index in [1.54, 1.807) is 6.08 Å². The van der Waals surface area contributed by atoms with Crippen LogP contribution in [0.15, 0.2) is 55.1 Å². The molecule has 110 valence electrons. The Labute approximate surface area is 125 Å². The minimum absolute atomic E-state index is 0.256. The average molecular weight is 284 g/mol. The highest BCUT2D eigenvalue weighted by atomic mass is 16.7. The van der Waals surface area contributed by atoms with Gasteiger partial charge in [-0.15, -0.1) is 0 Å². The van der Waals surface area contributed by atoms with Crippen molar-refractivity contribution in [1.29, 1.82) is 0 Å². The number of rotatable bonds is 7. The molecule has 0 bridgehead atoms. The fraction of sp³-hybridized carbons (Fsp3) is 0.222. The monoisotopic (exact) mass is 284 g/mol. The molecule has 0 aliphatic heterocycles. The molecule has 0 aliphatic rings. The van der Waals surface area contributed by atoms with Crippen molar-refractivity contribution in [3.05, 3.63) is 60.7 Å². The van der Waals surface area contributed by atoms with Crippen LogP contribution >= 0.6 is 0 Å². The standard InChI is InChI=1S/C18H20O3/c1-4-15-6-8-17(9-7-15)21-18-12-10-16(11-13-18)20-14(3)19-5-2/h4,6-14H,1,5H2,2-3H3. The van der Waals surface area contributed by atoms with Crippen molar-refractivity contribution in [3.8, 4) is 17.2 Å². The van der Waals surface area contributed by atoms with E-state index in [-0.39, 0.29) is 6.29 Å². The lowest BCUT2D eigenvalue weighted by Gasteiger charge is -2.14. The molecule has 0 amide bonds. The van der Waals surface area contributed by atoms with Crippen molar-refractivity contribution in [2.24, 2.45) is 0 Å². The summed E-state index contributed by atoms with van der Waals surface area (Å²) < 4.78 is 16.7. The summed E-state index contributed by atoms with van der Waals surface area (Å²) in [5.74, 6) is 2.31. The molecule has 0 heterocycles. The normalized spacial score (nSPS) is 11.7. The zero-order valence-electron chi connectivity index (χ0n) is 12.4. The van der Waals surface area contributed by atoms with Gasteiger partial charge in [-0.3, -0.25) is 0 Å². The maximum atomic E-state index is 5.76. The van der Waals surface area contributed by atoms with Crippen LogP contribution in [0.1, 0.15) is 19.4 Å². The predicted molar refractivity (Wildman–Crippen MR) is 84.8 cm³/mol. The molecule has 0 saturated heterocycles. The van der Waals surface area contributed by atoms with Crippen LogP contribution in [0.25, 0.3) is 6.08 Å². The lowest BCUT2D eigenvalue weighted by atomic mass is 10.2. The lowest BCUT2D eigenvalue weighted by Crippen LogP contribution is -2.15. The lowest BCUT2D eigenvalue weighted by molar-refractivity contribution is -0.0613. The fourth-order valence-corrected chi connectivity index (χ4v) is 1.85. The SMILES string of the molecule is C=Cc1ccc(Oc2ccc(OC(C)OCC)cc2)cc1. The van der Waals surface area contributed by atoms with Crippen LogP contribution in [0.2, 0.25) is 0 Å². The Morgan fingerprint density at radius 1 is 0.952 bits per heavy atom. The Hall–Kier alpha value is -2.26. The minimum atomic E-state index is -0.256. The summed E-state index contributed by atoms with van der Waals surface area (Å²) >= 11 is 0. The Balaban J connectivity index is 1.96. The third-order valence-corrected chi connectivity index (χ3v) is 2.88. The molecule has 0 aromatic heterocycles. The predicted octanol–water partition coefficient (Wildman–Crippen LogP) is 4.88. The van der Waals surface area contributed by atoms with Gasteiger partial charge in [0.2, 0.25) is 0 Å². The molecule has 0 radical (unpaired) electrons. The second-order valence-corrected chi connectivity index (χ2v) is 4.49. The summed E-state index contributed by atoms with van der Waals surface area (Å²) in [7, 11) is 0. The number of ether oxygens (including phenoxy) is 3. The summed E-state index contributed by atoms with van der Waals surface area (Å²) in [5.41, 5.74) is 1.07. The summed E-state index contributed by atoms with van der Waals surface area (Å²) in [6.45, 7) is 8.16. The molecular formula is C18H20O3. The van der Waals surface area contributed by atoms with Gasteiger partial charge < -0.3 is 14.2 Å². The van der Waals surface area contributed by atoms with Gasteiger partial charge in [-0.25, -0.2) is 0 Å². The van der Waals surface area contributed by atoms with Gasteiger partial charge in [0, 0.05) is 6.61 Å². The van der Waals surface area contributed by atoms with Crippen LogP contribution < -0.4 is 9.47 Å². The van der Waals surface area contributed by atoms with Gasteiger partial charge >= 0.3 is 0 Å². The molecule has 0 saturated carbocycles. The second kappa shape index (κ2) is 7.50. The minimum Gasteiger partial charge on any atom is -0.465 e. The van der Waals surface area contributed by atoms with Crippen LogP contribution in [0.3, 0.4) is 0 Å². The molecule has 0 aliphatic carbocycles.